The summed E-state index contributed by atoms with van der Waals surface area (Å²) in [6.45, 7) is 0. The van der Waals surface area contributed by atoms with Gasteiger partial charge in [-0.25, -0.2) is 4.99 Å². The molecule has 1 aliphatic carbocycles. The number of phenols is 1. The highest BCUT2D eigenvalue weighted by Gasteiger charge is 2.43. The summed E-state index contributed by atoms with van der Waals surface area (Å²) in [5, 5.41) is 20.9. The second-order valence-corrected chi connectivity index (χ2v) is 5.78. The first kappa shape index (κ1) is 15.1. The number of rotatable bonds is 2. The minimum atomic E-state index is -0.699. The van der Waals surface area contributed by atoms with Crippen LogP contribution in [0.5, 0.6) is 5.75 Å². The lowest BCUT2D eigenvalue weighted by molar-refractivity contribution is -0.384. The SMILES string of the molecule is NC1=NC2(CCCCC2)N(c2cc(O)cc([N+](=O)[O-])c2)C(N)=N1. The van der Waals surface area contributed by atoms with Crippen LogP contribution in [0.3, 0.4) is 0 Å². The largest absolute Gasteiger partial charge is 0.508 e. The number of hydrogen-bond donors (Lipinski definition) is 3. The molecule has 0 aromatic heterocycles. The van der Waals surface area contributed by atoms with Crippen molar-refractivity contribution < 1.29 is 10.0 Å². The Morgan fingerprint density at radius 1 is 1.22 bits per heavy atom. The Labute approximate surface area is 132 Å². The average Bonchev–Trinajstić information content (AvgIpc) is 2.46. The molecular weight excluding hydrogens is 300 g/mol. The van der Waals surface area contributed by atoms with Gasteiger partial charge in [0, 0.05) is 12.1 Å². The maximum absolute atomic E-state index is 11.1. The predicted octanol–water partition coefficient (Wildman–Crippen LogP) is 1.41. The molecule has 9 nitrogen and oxygen atoms in total. The van der Waals surface area contributed by atoms with E-state index in [1.807, 2.05) is 0 Å². The summed E-state index contributed by atoms with van der Waals surface area (Å²) in [6.07, 6.45) is 4.41. The first-order chi connectivity index (χ1) is 10.9. The number of benzene rings is 1. The third kappa shape index (κ3) is 2.65. The first-order valence-corrected chi connectivity index (χ1v) is 7.39. The van der Waals surface area contributed by atoms with Crippen LogP contribution in [0.4, 0.5) is 11.4 Å². The summed E-state index contributed by atoms with van der Waals surface area (Å²) in [5.41, 5.74) is 11.3. The molecule has 1 heterocycles. The smallest absolute Gasteiger partial charge is 0.275 e. The molecule has 1 aromatic rings. The zero-order chi connectivity index (χ0) is 16.6. The number of nitrogens with zero attached hydrogens (tertiary/aromatic N) is 4. The third-order valence-electron chi connectivity index (χ3n) is 4.21. The van der Waals surface area contributed by atoms with Gasteiger partial charge in [0.05, 0.1) is 16.7 Å². The Hall–Kier alpha value is -2.84. The molecule has 1 fully saturated rings. The molecule has 0 amide bonds. The fourth-order valence-corrected chi connectivity index (χ4v) is 3.31. The van der Waals surface area contributed by atoms with Crippen molar-refractivity contribution in [2.24, 2.45) is 21.5 Å². The van der Waals surface area contributed by atoms with Gasteiger partial charge < -0.3 is 16.6 Å². The number of nitro groups is 1. The summed E-state index contributed by atoms with van der Waals surface area (Å²) >= 11 is 0. The minimum Gasteiger partial charge on any atom is -0.508 e. The van der Waals surface area contributed by atoms with Gasteiger partial charge in [0.25, 0.3) is 5.69 Å². The van der Waals surface area contributed by atoms with Gasteiger partial charge in [-0.15, -0.1) is 0 Å². The van der Waals surface area contributed by atoms with Crippen LogP contribution in [-0.2, 0) is 0 Å². The van der Waals surface area contributed by atoms with E-state index in [9.17, 15) is 15.2 Å². The van der Waals surface area contributed by atoms with Crippen molar-refractivity contribution in [1.82, 2.24) is 0 Å². The van der Waals surface area contributed by atoms with E-state index in [0.29, 0.717) is 18.5 Å². The lowest BCUT2D eigenvalue weighted by Gasteiger charge is -2.45. The number of anilines is 1. The van der Waals surface area contributed by atoms with E-state index in [2.05, 4.69) is 9.98 Å². The molecule has 0 atom stereocenters. The monoisotopic (exact) mass is 318 g/mol. The molecule has 9 heteroatoms. The molecule has 0 bridgehead atoms. The fraction of sp³-hybridized carbons (Fsp3) is 0.429. The molecule has 1 spiro atoms. The van der Waals surface area contributed by atoms with E-state index >= 15 is 0 Å². The molecule has 5 N–H and O–H groups in total. The van der Waals surface area contributed by atoms with E-state index in [0.717, 1.165) is 25.3 Å². The Morgan fingerprint density at radius 2 is 1.91 bits per heavy atom. The molecule has 2 aliphatic rings. The van der Waals surface area contributed by atoms with Gasteiger partial charge in [-0.05, 0) is 25.7 Å². The number of nitro benzene ring substituents is 1. The molecule has 3 rings (SSSR count). The van der Waals surface area contributed by atoms with Gasteiger partial charge in [-0.1, -0.05) is 6.42 Å². The van der Waals surface area contributed by atoms with Crippen molar-refractivity contribution in [2.45, 2.75) is 37.8 Å². The Morgan fingerprint density at radius 3 is 2.57 bits per heavy atom. The number of aliphatic imine (C=N–C) groups is 2. The van der Waals surface area contributed by atoms with Crippen LogP contribution in [0.2, 0.25) is 0 Å². The van der Waals surface area contributed by atoms with E-state index in [1.165, 1.54) is 12.1 Å². The van der Waals surface area contributed by atoms with Gasteiger partial charge in [-0.2, -0.15) is 4.99 Å². The zero-order valence-electron chi connectivity index (χ0n) is 12.5. The molecule has 122 valence electrons. The van der Waals surface area contributed by atoms with Gasteiger partial charge >= 0.3 is 0 Å². The summed E-state index contributed by atoms with van der Waals surface area (Å²) in [4.78, 5) is 20.6. The van der Waals surface area contributed by atoms with Crippen molar-refractivity contribution in [2.75, 3.05) is 4.90 Å². The highest BCUT2D eigenvalue weighted by Crippen LogP contribution is 2.41. The fourth-order valence-electron chi connectivity index (χ4n) is 3.31. The first-order valence-electron chi connectivity index (χ1n) is 7.39. The van der Waals surface area contributed by atoms with Crippen molar-refractivity contribution in [3.63, 3.8) is 0 Å². The standard InChI is InChI=1S/C14H18N6O3/c15-12-17-13(16)19(14(18-12)4-2-1-3-5-14)9-6-10(20(22)23)8-11(21)7-9/h6-8,21H,1-5H2,(H4,15,16,17,18). The van der Waals surface area contributed by atoms with E-state index in [4.69, 9.17) is 11.5 Å². The second-order valence-electron chi connectivity index (χ2n) is 5.78. The Kier molecular flexibility index (Phi) is 3.55. The van der Waals surface area contributed by atoms with Crippen LogP contribution in [0, 0.1) is 10.1 Å². The molecular formula is C14H18N6O3. The van der Waals surface area contributed by atoms with Crippen molar-refractivity contribution in [3.05, 3.63) is 28.3 Å². The number of non-ortho nitro benzene ring substituents is 1. The highest BCUT2D eigenvalue weighted by molar-refractivity contribution is 6.05. The molecule has 0 saturated heterocycles. The van der Waals surface area contributed by atoms with E-state index < -0.39 is 10.6 Å². The summed E-state index contributed by atoms with van der Waals surface area (Å²) in [5.74, 6) is 0.0186. The van der Waals surface area contributed by atoms with E-state index in [1.54, 1.807) is 4.90 Å². The van der Waals surface area contributed by atoms with Gasteiger partial charge in [0.1, 0.15) is 11.4 Å². The number of nitrogens with two attached hydrogens (primary N) is 2. The Bertz CT molecular complexity index is 708. The lowest BCUT2D eigenvalue weighted by atomic mass is 9.87. The lowest BCUT2D eigenvalue weighted by Crippen LogP contribution is -2.58. The van der Waals surface area contributed by atoms with Crippen molar-refractivity contribution in [3.8, 4) is 5.75 Å². The molecule has 1 aliphatic heterocycles. The molecule has 23 heavy (non-hydrogen) atoms. The molecule has 1 aromatic carbocycles. The van der Waals surface area contributed by atoms with Crippen molar-refractivity contribution in [1.29, 1.82) is 0 Å². The van der Waals surface area contributed by atoms with Crippen LogP contribution in [0.25, 0.3) is 0 Å². The van der Waals surface area contributed by atoms with Gasteiger partial charge in [0.2, 0.25) is 11.9 Å². The minimum absolute atomic E-state index is 0.107. The van der Waals surface area contributed by atoms with Crippen LogP contribution in [0.15, 0.2) is 28.2 Å². The molecule has 1 saturated carbocycles. The van der Waals surface area contributed by atoms with Crippen LogP contribution >= 0.6 is 0 Å². The number of phenolic OH excluding ortho intramolecular Hbond substituents is 1. The number of aromatic hydroxyl groups is 1. The average molecular weight is 318 g/mol. The summed E-state index contributed by atoms with van der Waals surface area (Å²) in [7, 11) is 0. The second kappa shape index (κ2) is 5.41. The number of guanidine groups is 2. The topological polar surface area (TPSA) is 143 Å². The molecule has 0 radical (unpaired) electrons. The summed E-state index contributed by atoms with van der Waals surface area (Å²) < 4.78 is 0. The third-order valence-corrected chi connectivity index (χ3v) is 4.21. The normalized spacial score (nSPS) is 20.1. The predicted molar refractivity (Wildman–Crippen MR) is 86.3 cm³/mol. The van der Waals surface area contributed by atoms with Crippen LogP contribution in [-0.4, -0.2) is 27.6 Å². The van der Waals surface area contributed by atoms with Gasteiger partial charge in [0.15, 0.2) is 0 Å². The van der Waals surface area contributed by atoms with Gasteiger partial charge in [-0.3, -0.25) is 15.0 Å². The quantitative estimate of drug-likeness (QED) is 0.555. The number of hydrogen-bond acceptors (Lipinski definition) is 8. The maximum atomic E-state index is 11.1. The maximum Gasteiger partial charge on any atom is 0.275 e. The van der Waals surface area contributed by atoms with Crippen LogP contribution < -0.4 is 16.4 Å². The summed E-state index contributed by atoms with van der Waals surface area (Å²) in [6, 6.07) is 3.87. The van der Waals surface area contributed by atoms with E-state index in [-0.39, 0.29) is 23.4 Å². The Balaban J connectivity index is 2.12. The van der Waals surface area contributed by atoms with Crippen LogP contribution in [0.1, 0.15) is 32.1 Å². The molecule has 0 unspecified atom stereocenters. The highest BCUT2D eigenvalue weighted by atomic mass is 16.6. The van der Waals surface area contributed by atoms with Crippen molar-refractivity contribution >= 4 is 23.3 Å². The zero-order valence-corrected chi connectivity index (χ0v) is 12.5.